The molecule has 0 fully saturated rings. The smallest absolute Gasteiger partial charge is 0.311 e. The van der Waals surface area contributed by atoms with Gasteiger partial charge < -0.3 is 19.5 Å². The van der Waals surface area contributed by atoms with Crippen molar-refractivity contribution in [3.05, 3.63) is 52.0 Å². The summed E-state index contributed by atoms with van der Waals surface area (Å²) < 4.78 is 15.6. The Labute approximate surface area is 167 Å². The second-order valence-electron chi connectivity index (χ2n) is 5.57. The molecule has 0 heterocycles. The van der Waals surface area contributed by atoms with E-state index >= 15 is 0 Å². The molecule has 0 bridgehead atoms. The molecular formula is C19H19Cl2NO5. The lowest BCUT2D eigenvalue weighted by molar-refractivity contribution is -0.152. The van der Waals surface area contributed by atoms with Crippen molar-refractivity contribution in [3.8, 4) is 11.5 Å². The minimum absolute atomic E-state index is 0.0579. The Morgan fingerprint density at radius 1 is 1.07 bits per heavy atom. The van der Waals surface area contributed by atoms with Gasteiger partial charge in [0.25, 0.3) is 5.91 Å². The summed E-state index contributed by atoms with van der Waals surface area (Å²) in [5.74, 6) is -0.0222. The molecular weight excluding hydrogens is 393 g/mol. The van der Waals surface area contributed by atoms with E-state index in [1.807, 2.05) is 0 Å². The highest BCUT2D eigenvalue weighted by atomic mass is 35.5. The number of ether oxygens (including phenoxy) is 3. The maximum Gasteiger partial charge on any atom is 0.311 e. The molecule has 1 atom stereocenters. The van der Waals surface area contributed by atoms with Gasteiger partial charge in [-0.2, -0.15) is 0 Å². The van der Waals surface area contributed by atoms with Gasteiger partial charge in [-0.15, -0.1) is 0 Å². The standard InChI is InChI=1S/C19H19Cl2NO5/c1-11(19(24)22-18-14(20)5-4-6-15(18)21)27-17(23)9-12-7-8-13(25-2)10-16(12)26-3/h4-8,10-11H,9H2,1-3H3,(H,22,24)/t11-/m1/s1. The van der Waals surface area contributed by atoms with Crippen LogP contribution in [0.5, 0.6) is 11.5 Å². The Balaban J connectivity index is 2.00. The first-order valence-corrected chi connectivity index (χ1v) is 8.76. The fourth-order valence-corrected chi connectivity index (χ4v) is 2.78. The van der Waals surface area contributed by atoms with E-state index in [-0.39, 0.29) is 22.2 Å². The molecule has 0 saturated heterocycles. The number of anilines is 1. The maximum atomic E-state index is 12.3. The highest BCUT2D eigenvalue weighted by molar-refractivity contribution is 6.39. The van der Waals surface area contributed by atoms with E-state index in [1.165, 1.54) is 21.1 Å². The molecule has 1 N–H and O–H groups in total. The van der Waals surface area contributed by atoms with Gasteiger partial charge in [0.15, 0.2) is 6.10 Å². The molecule has 2 aromatic carbocycles. The zero-order valence-corrected chi connectivity index (χ0v) is 16.6. The van der Waals surface area contributed by atoms with Crippen LogP contribution in [0, 0.1) is 0 Å². The molecule has 0 aliphatic carbocycles. The largest absolute Gasteiger partial charge is 0.497 e. The predicted octanol–water partition coefficient (Wildman–Crippen LogP) is 4.12. The molecule has 27 heavy (non-hydrogen) atoms. The van der Waals surface area contributed by atoms with Crippen LogP contribution < -0.4 is 14.8 Å². The summed E-state index contributed by atoms with van der Waals surface area (Å²) in [7, 11) is 3.03. The zero-order chi connectivity index (χ0) is 20.0. The van der Waals surface area contributed by atoms with E-state index in [9.17, 15) is 9.59 Å². The second-order valence-corrected chi connectivity index (χ2v) is 6.39. The number of hydrogen-bond acceptors (Lipinski definition) is 5. The number of carbonyl (C=O) groups excluding carboxylic acids is 2. The van der Waals surface area contributed by atoms with Crippen molar-refractivity contribution in [2.45, 2.75) is 19.4 Å². The minimum Gasteiger partial charge on any atom is -0.497 e. The topological polar surface area (TPSA) is 73.9 Å². The summed E-state index contributed by atoms with van der Waals surface area (Å²) in [6.07, 6.45) is -1.09. The molecule has 0 aliphatic rings. The quantitative estimate of drug-likeness (QED) is 0.693. The third-order valence-corrected chi connectivity index (χ3v) is 4.35. The Morgan fingerprint density at radius 2 is 1.74 bits per heavy atom. The van der Waals surface area contributed by atoms with Crippen LogP contribution in [0.3, 0.4) is 0 Å². The van der Waals surface area contributed by atoms with Crippen molar-refractivity contribution in [3.63, 3.8) is 0 Å². The fourth-order valence-electron chi connectivity index (χ4n) is 2.29. The molecule has 2 rings (SSSR count). The van der Waals surface area contributed by atoms with Crippen molar-refractivity contribution in [1.29, 1.82) is 0 Å². The maximum absolute atomic E-state index is 12.3. The van der Waals surface area contributed by atoms with E-state index in [2.05, 4.69) is 5.32 Å². The lowest BCUT2D eigenvalue weighted by atomic mass is 10.1. The first-order valence-electron chi connectivity index (χ1n) is 8.01. The summed E-state index contributed by atoms with van der Waals surface area (Å²) in [6.45, 7) is 1.46. The van der Waals surface area contributed by atoms with E-state index in [0.717, 1.165) is 0 Å². The number of para-hydroxylation sites is 1. The van der Waals surface area contributed by atoms with Crippen LogP contribution in [0.1, 0.15) is 12.5 Å². The van der Waals surface area contributed by atoms with Gasteiger partial charge in [0, 0.05) is 11.6 Å². The molecule has 0 unspecified atom stereocenters. The number of halogens is 2. The van der Waals surface area contributed by atoms with Crippen molar-refractivity contribution >= 4 is 40.8 Å². The van der Waals surface area contributed by atoms with Crippen molar-refractivity contribution in [2.75, 3.05) is 19.5 Å². The zero-order valence-electron chi connectivity index (χ0n) is 15.0. The summed E-state index contributed by atoms with van der Waals surface area (Å²) in [6, 6.07) is 9.92. The Kier molecular flexibility index (Phi) is 7.33. The van der Waals surface area contributed by atoms with E-state index < -0.39 is 18.0 Å². The van der Waals surface area contributed by atoms with Gasteiger partial charge in [-0.3, -0.25) is 9.59 Å². The van der Waals surface area contributed by atoms with Crippen molar-refractivity contribution in [1.82, 2.24) is 0 Å². The van der Waals surface area contributed by atoms with Crippen LogP contribution in [0.25, 0.3) is 0 Å². The van der Waals surface area contributed by atoms with Crippen molar-refractivity contribution in [2.24, 2.45) is 0 Å². The lowest BCUT2D eigenvalue weighted by Gasteiger charge is -2.16. The molecule has 0 aromatic heterocycles. The number of rotatable bonds is 7. The highest BCUT2D eigenvalue weighted by Crippen LogP contribution is 2.30. The van der Waals surface area contributed by atoms with Crippen LogP contribution in [-0.4, -0.2) is 32.2 Å². The number of nitrogens with one attached hydrogen (secondary N) is 1. The van der Waals surface area contributed by atoms with Crippen LogP contribution >= 0.6 is 23.2 Å². The lowest BCUT2D eigenvalue weighted by Crippen LogP contribution is -2.30. The number of benzene rings is 2. The Hall–Kier alpha value is -2.44. The molecule has 1 amide bonds. The number of methoxy groups -OCH3 is 2. The highest BCUT2D eigenvalue weighted by Gasteiger charge is 2.21. The fraction of sp³-hybridized carbons (Fsp3) is 0.263. The van der Waals surface area contributed by atoms with E-state index in [0.29, 0.717) is 17.1 Å². The summed E-state index contributed by atoms with van der Waals surface area (Å²) in [5.41, 5.74) is 0.885. The van der Waals surface area contributed by atoms with E-state index in [1.54, 1.807) is 36.4 Å². The van der Waals surface area contributed by atoms with Gasteiger partial charge in [-0.25, -0.2) is 0 Å². The average molecular weight is 412 g/mol. The van der Waals surface area contributed by atoms with Gasteiger partial charge in [0.2, 0.25) is 0 Å². The van der Waals surface area contributed by atoms with Gasteiger partial charge in [-0.05, 0) is 25.1 Å². The number of carbonyl (C=O) groups is 2. The van der Waals surface area contributed by atoms with Gasteiger partial charge in [0.1, 0.15) is 11.5 Å². The summed E-state index contributed by atoms with van der Waals surface area (Å²) in [5, 5.41) is 3.14. The van der Waals surface area contributed by atoms with E-state index in [4.69, 9.17) is 37.4 Å². The molecule has 6 nitrogen and oxygen atoms in total. The normalized spacial score (nSPS) is 11.4. The third-order valence-electron chi connectivity index (χ3n) is 3.72. The average Bonchev–Trinajstić information content (AvgIpc) is 2.64. The predicted molar refractivity (Wildman–Crippen MR) is 104 cm³/mol. The van der Waals surface area contributed by atoms with Gasteiger partial charge in [0.05, 0.1) is 36.4 Å². The SMILES string of the molecule is COc1ccc(CC(=O)O[C@H](C)C(=O)Nc2c(Cl)cccc2Cl)c(OC)c1. The number of amides is 1. The summed E-state index contributed by atoms with van der Waals surface area (Å²) in [4.78, 5) is 24.5. The van der Waals surface area contributed by atoms with Crippen LogP contribution in [0.15, 0.2) is 36.4 Å². The first kappa shape index (κ1) is 20.9. The van der Waals surface area contributed by atoms with Gasteiger partial charge >= 0.3 is 5.97 Å². The third kappa shape index (κ3) is 5.52. The second kappa shape index (κ2) is 9.48. The molecule has 0 saturated carbocycles. The van der Waals surface area contributed by atoms with Crippen molar-refractivity contribution < 1.29 is 23.8 Å². The number of hydrogen-bond donors (Lipinski definition) is 1. The molecule has 0 radical (unpaired) electrons. The Morgan fingerprint density at radius 3 is 2.33 bits per heavy atom. The van der Waals surface area contributed by atoms with Gasteiger partial charge in [-0.1, -0.05) is 35.3 Å². The summed E-state index contributed by atoms with van der Waals surface area (Å²) >= 11 is 12.0. The molecule has 8 heteroatoms. The minimum atomic E-state index is -1.03. The van der Waals surface area contributed by atoms with Crippen LogP contribution in [-0.2, 0) is 20.7 Å². The number of esters is 1. The monoisotopic (exact) mass is 411 g/mol. The molecule has 2 aromatic rings. The first-order chi connectivity index (χ1) is 12.8. The molecule has 144 valence electrons. The van der Waals surface area contributed by atoms with Crippen LogP contribution in [0.4, 0.5) is 5.69 Å². The van der Waals surface area contributed by atoms with Crippen LogP contribution in [0.2, 0.25) is 10.0 Å². The molecule has 0 spiro atoms. The molecule has 0 aliphatic heterocycles. The Bertz CT molecular complexity index is 821.